The predicted octanol–water partition coefficient (Wildman–Crippen LogP) is 2.18. The molecule has 2 aliphatic heterocycles. The Morgan fingerprint density at radius 2 is 1.83 bits per heavy atom. The molecule has 2 fully saturated rings. The molecule has 0 bridgehead atoms. The van der Waals surface area contributed by atoms with Crippen LogP contribution < -0.4 is 0 Å². The van der Waals surface area contributed by atoms with Crippen molar-refractivity contribution in [3.05, 3.63) is 41.5 Å². The Labute approximate surface area is 177 Å². The van der Waals surface area contributed by atoms with E-state index in [1.54, 1.807) is 15.9 Å². The van der Waals surface area contributed by atoms with Crippen molar-refractivity contribution in [2.45, 2.75) is 38.6 Å². The van der Waals surface area contributed by atoms with Crippen LogP contribution in [0.3, 0.4) is 0 Å². The van der Waals surface area contributed by atoms with Gasteiger partial charge >= 0.3 is 5.97 Å². The van der Waals surface area contributed by atoms with Gasteiger partial charge in [0.1, 0.15) is 6.61 Å². The highest BCUT2D eigenvalue weighted by atomic mass is 16.5. The standard InChI is InChI=1S/C23H30N2O5/c1-18-4-6-20(7-5-18)8-9-21(27)25-11-3-10-23(25,17-30-19(2)26)16-22(28)24-12-14-29-15-13-24/h4-9H,3,10-17H2,1-2H3. The van der Waals surface area contributed by atoms with Crippen molar-refractivity contribution in [3.63, 3.8) is 0 Å². The smallest absolute Gasteiger partial charge is 0.302 e. The van der Waals surface area contributed by atoms with Gasteiger partial charge in [-0.2, -0.15) is 0 Å². The Kier molecular flexibility index (Phi) is 7.26. The number of likely N-dealkylation sites (tertiary alicyclic amines) is 1. The van der Waals surface area contributed by atoms with E-state index >= 15 is 0 Å². The van der Waals surface area contributed by atoms with Crippen molar-refractivity contribution in [1.82, 2.24) is 9.80 Å². The summed E-state index contributed by atoms with van der Waals surface area (Å²) < 4.78 is 10.6. The van der Waals surface area contributed by atoms with Gasteiger partial charge in [0.25, 0.3) is 0 Å². The van der Waals surface area contributed by atoms with E-state index < -0.39 is 11.5 Å². The van der Waals surface area contributed by atoms with Crippen LogP contribution in [-0.4, -0.2) is 72.6 Å². The van der Waals surface area contributed by atoms with Gasteiger partial charge in [-0.25, -0.2) is 0 Å². The summed E-state index contributed by atoms with van der Waals surface area (Å²) in [7, 11) is 0. The second kappa shape index (κ2) is 9.89. The summed E-state index contributed by atoms with van der Waals surface area (Å²) in [6.45, 7) is 6.05. The predicted molar refractivity (Wildman–Crippen MR) is 113 cm³/mol. The molecule has 0 radical (unpaired) electrons. The number of hydrogen-bond donors (Lipinski definition) is 0. The molecular weight excluding hydrogens is 384 g/mol. The van der Waals surface area contributed by atoms with Crippen LogP contribution in [0.5, 0.6) is 0 Å². The lowest BCUT2D eigenvalue weighted by Crippen LogP contribution is -2.54. The summed E-state index contributed by atoms with van der Waals surface area (Å²) in [6, 6.07) is 7.90. The number of nitrogens with zero attached hydrogens (tertiary/aromatic N) is 2. The highest BCUT2D eigenvalue weighted by Crippen LogP contribution is 2.34. The van der Waals surface area contributed by atoms with E-state index in [0.717, 1.165) is 17.5 Å². The topological polar surface area (TPSA) is 76.2 Å². The monoisotopic (exact) mass is 414 g/mol. The number of benzene rings is 1. The van der Waals surface area contributed by atoms with E-state index in [2.05, 4.69) is 0 Å². The molecule has 2 saturated heterocycles. The van der Waals surface area contributed by atoms with E-state index in [1.807, 2.05) is 31.2 Å². The number of carbonyl (C=O) groups excluding carboxylic acids is 3. The summed E-state index contributed by atoms with van der Waals surface area (Å²) in [4.78, 5) is 41.0. The summed E-state index contributed by atoms with van der Waals surface area (Å²) >= 11 is 0. The van der Waals surface area contributed by atoms with Crippen LogP contribution in [0, 0.1) is 6.92 Å². The van der Waals surface area contributed by atoms with E-state index in [9.17, 15) is 14.4 Å². The van der Waals surface area contributed by atoms with Gasteiger partial charge in [0.2, 0.25) is 11.8 Å². The van der Waals surface area contributed by atoms with Crippen molar-refractivity contribution in [2.75, 3.05) is 39.5 Å². The molecule has 0 saturated carbocycles. The number of esters is 1. The molecule has 0 spiro atoms. The molecule has 1 unspecified atom stereocenters. The third-order valence-electron chi connectivity index (χ3n) is 5.75. The average Bonchev–Trinajstić information content (AvgIpc) is 3.16. The first-order valence-electron chi connectivity index (χ1n) is 10.4. The third kappa shape index (κ3) is 5.48. The Balaban J connectivity index is 1.76. The summed E-state index contributed by atoms with van der Waals surface area (Å²) in [5.74, 6) is -0.620. The van der Waals surface area contributed by atoms with Gasteiger partial charge < -0.3 is 19.3 Å². The quantitative estimate of drug-likeness (QED) is 0.527. The molecule has 7 nitrogen and oxygen atoms in total. The molecule has 30 heavy (non-hydrogen) atoms. The lowest BCUT2D eigenvalue weighted by atomic mass is 9.91. The van der Waals surface area contributed by atoms with Gasteiger partial charge in [0.05, 0.1) is 25.2 Å². The second-order valence-electron chi connectivity index (χ2n) is 8.01. The number of ether oxygens (including phenoxy) is 2. The first kappa shape index (κ1) is 22.0. The van der Waals surface area contributed by atoms with Crippen LogP contribution in [0.2, 0.25) is 0 Å². The van der Waals surface area contributed by atoms with Crippen LogP contribution in [0.25, 0.3) is 6.08 Å². The molecule has 2 aliphatic rings. The summed E-state index contributed by atoms with van der Waals surface area (Å²) in [5, 5.41) is 0. The molecule has 0 aliphatic carbocycles. The minimum atomic E-state index is -0.810. The lowest BCUT2D eigenvalue weighted by molar-refractivity contribution is -0.152. The highest BCUT2D eigenvalue weighted by Gasteiger charge is 2.46. The Morgan fingerprint density at radius 1 is 1.13 bits per heavy atom. The highest BCUT2D eigenvalue weighted by molar-refractivity contribution is 5.93. The maximum Gasteiger partial charge on any atom is 0.302 e. The molecule has 1 aromatic carbocycles. The molecular formula is C23H30N2O5. The van der Waals surface area contributed by atoms with E-state index in [0.29, 0.717) is 39.3 Å². The normalized spacial score (nSPS) is 21.8. The van der Waals surface area contributed by atoms with Crippen molar-refractivity contribution in [2.24, 2.45) is 0 Å². The average molecular weight is 415 g/mol. The fourth-order valence-corrected chi connectivity index (χ4v) is 4.04. The van der Waals surface area contributed by atoms with Crippen molar-refractivity contribution < 1.29 is 23.9 Å². The third-order valence-corrected chi connectivity index (χ3v) is 5.75. The molecule has 1 aromatic rings. The number of carbonyl (C=O) groups is 3. The fraction of sp³-hybridized carbons (Fsp3) is 0.522. The molecule has 0 N–H and O–H groups in total. The maximum absolute atomic E-state index is 13.1. The summed E-state index contributed by atoms with van der Waals surface area (Å²) in [6.07, 6.45) is 4.85. The summed E-state index contributed by atoms with van der Waals surface area (Å²) in [5.41, 5.74) is 1.28. The van der Waals surface area contributed by atoms with E-state index in [4.69, 9.17) is 9.47 Å². The molecule has 2 amide bonds. The van der Waals surface area contributed by atoms with Crippen LogP contribution in [0.4, 0.5) is 0 Å². The number of amides is 2. The lowest BCUT2D eigenvalue weighted by Gasteiger charge is -2.39. The minimum Gasteiger partial charge on any atom is -0.463 e. The van der Waals surface area contributed by atoms with Crippen LogP contribution in [0.1, 0.15) is 37.3 Å². The number of rotatable bonds is 6. The van der Waals surface area contributed by atoms with Gasteiger partial charge in [-0.1, -0.05) is 29.8 Å². The molecule has 1 atom stereocenters. The second-order valence-corrected chi connectivity index (χ2v) is 8.01. The number of morpholine rings is 1. The Morgan fingerprint density at radius 3 is 2.50 bits per heavy atom. The van der Waals surface area contributed by atoms with Crippen LogP contribution >= 0.6 is 0 Å². The van der Waals surface area contributed by atoms with E-state index in [-0.39, 0.29) is 24.8 Å². The number of aryl methyl sites for hydroxylation is 1. The van der Waals surface area contributed by atoms with Crippen molar-refractivity contribution in [1.29, 1.82) is 0 Å². The first-order valence-corrected chi connectivity index (χ1v) is 10.4. The van der Waals surface area contributed by atoms with Crippen LogP contribution in [0.15, 0.2) is 30.3 Å². The fourth-order valence-electron chi connectivity index (χ4n) is 4.04. The van der Waals surface area contributed by atoms with Gasteiger partial charge in [0.15, 0.2) is 0 Å². The maximum atomic E-state index is 13.1. The van der Waals surface area contributed by atoms with Crippen molar-refractivity contribution >= 4 is 23.9 Å². The zero-order valence-electron chi connectivity index (χ0n) is 17.8. The first-order chi connectivity index (χ1) is 14.4. The molecule has 162 valence electrons. The van der Waals surface area contributed by atoms with Gasteiger partial charge in [-0.05, 0) is 31.4 Å². The molecule has 0 aromatic heterocycles. The Hall–Kier alpha value is -2.67. The van der Waals surface area contributed by atoms with Gasteiger partial charge in [-0.15, -0.1) is 0 Å². The number of hydrogen-bond acceptors (Lipinski definition) is 5. The SMILES string of the molecule is CC(=O)OCC1(CC(=O)N2CCOCC2)CCCN1C(=O)C=Cc1ccc(C)cc1. The molecule has 7 heteroatoms. The zero-order chi connectivity index (χ0) is 21.6. The van der Waals surface area contributed by atoms with Gasteiger partial charge in [0, 0.05) is 32.6 Å². The Bertz CT molecular complexity index is 798. The largest absolute Gasteiger partial charge is 0.463 e. The molecule has 2 heterocycles. The van der Waals surface area contributed by atoms with Crippen LogP contribution in [-0.2, 0) is 23.9 Å². The van der Waals surface area contributed by atoms with E-state index in [1.165, 1.54) is 13.0 Å². The minimum absolute atomic E-state index is 0.0303. The molecule has 3 rings (SSSR count). The zero-order valence-corrected chi connectivity index (χ0v) is 17.8. The van der Waals surface area contributed by atoms with Crippen molar-refractivity contribution in [3.8, 4) is 0 Å². The van der Waals surface area contributed by atoms with Gasteiger partial charge in [-0.3, -0.25) is 14.4 Å².